The van der Waals surface area contributed by atoms with Crippen LogP contribution in [-0.2, 0) is 16.4 Å². The molecule has 0 aliphatic heterocycles. The van der Waals surface area contributed by atoms with Gasteiger partial charge in [-0.25, -0.2) is 8.42 Å². The van der Waals surface area contributed by atoms with Gasteiger partial charge in [0.25, 0.3) is 5.91 Å². The summed E-state index contributed by atoms with van der Waals surface area (Å²) in [6.07, 6.45) is 6.55. The highest BCUT2D eigenvalue weighted by molar-refractivity contribution is 7.90. The topological polar surface area (TPSA) is 77.7 Å². The number of terminal acetylenes is 1. The Morgan fingerprint density at radius 3 is 2.71 bits per heavy atom. The summed E-state index contributed by atoms with van der Waals surface area (Å²) in [7, 11) is -3.56. The number of sulfone groups is 1. The molecule has 0 spiro atoms. The second-order valence-corrected chi connectivity index (χ2v) is 8.92. The van der Waals surface area contributed by atoms with Gasteiger partial charge in [-0.15, -0.1) is 6.42 Å². The van der Waals surface area contributed by atoms with E-state index in [2.05, 4.69) is 10.9 Å². The molecule has 1 amide bonds. The van der Waals surface area contributed by atoms with Crippen LogP contribution < -0.4 is 9.54 Å². The van der Waals surface area contributed by atoms with E-state index < -0.39 is 15.7 Å². The largest absolute Gasteiger partial charge is 0.494 e. The van der Waals surface area contributed by atoms with Crippen LogP contribution in [0.3, 0.4) is 0 Å². The Labute approximate surface area is 167 Å². The van der Waals surface area contributed by atoms with Crippen molar-refractivity contribution in [1.29, 1.82) is 0 Å². The number of aromatic nitrogens is 1. The van der Waals surface area contributed by atoms with Gasteiger partial charge in [-0.3, -0.25) is 4.79 Å². The van der Waals surface area contributed by atoms with Crippen molar-refractivity contribution >= 4 is 37.3 Å². The molecule has 2 aromatic carbocycles. The van der Waals surface area contributed by atoms with E-state index in [4.69, 9.17) is 11.2 Å². The number of fused-ring (bicyclic) bond motifs is 1. The molecule has 0 unspecified atom stereocenters. The first-order chi connectivity index (χ1) is 13.3. The first-order valence-corrected chi connectivity index (χ1v) is 11.1. The Morgan fingerprint density at radius 2 is 2.04 bits per heavy atom. The van der Waals surface area contributed by atoms with Gasteiger partial charge in [-0.1, -0.05) is 29.4 Å². The lowest BCUT2D eigenvalue weighted by Crippen LogP contribution is -2.17. The molecule has 0 saturated carbocycles. The van der Waals surface area contributed by atoms with E-state index in [1.165, 1.54) is 23.5 Å². The van der Waals surface area contributed by atoms with Crippen LogP contribution in [0.15, 0.2) is 52.4 Å². The van der Waals surface area contributed by atoms with Crippen LogP contribution in [0.2, 0.25) is 0 Å². The predicted molar refractivity (Wildman–Crippen MR) is 109 cm³/mol. The summed E-state index contributed by atoms with van der Waals surface area (Å²) >= 11 is 1.29. The van der Waals surface area contributed by atoms with Gasteiger partial charge in [-0.2, -0.15) is 4.99 Å². The van der Waals surface area contributed by atoms with E-state index in [0.717, 1.165) is 16.5 Å². The Hall–Kier alpha value is -2.89. The number of ether oxygens (including phenoxy) is 1. The van der Waals surface area contributed by atoms with E-state index in [-0.39, 0.29) is 17.0 Å². The molecule has 6 nitrogen and oxygen atoms in total. The van der Waals surface area contributed by atoms with Crippen LogP contribution in [0.5, 0.6) is 5.75 Å². The van der Waals surface area contributed by atoms with Crippen molar-refractivity contribution in [3.05, 3.63) is 52.8 Å². The number of rotatable bonds is 5. The highest BCUT2D eigenvalue weighted by Gasteiger charge is 2.18. The predicted octanol–water partition coefficient (Wildman–Crippen LogP) is 2.88. The monoisotopic (exact) mass is 414 g/mol. The number of carbonyl (C=O) groups excluding carboxylic acids is 1. The summed E-state index contributed by atoms with van der Waals surface area (Å²) < 4.78 is 32.1. The second kappa shape index (κ2) is 8.00. The highest BCUT2D eigenvalue weighted by Crippen LogP contribution is 2.24. The van der Waals surface area contributed by atoms with Crippen molar-refractivity contribution in [3.63, 3.8) is 0 Å². The number of hydrogen-bond donors (Lipinski definition) is 0. The van der Waals surface area contributed by atoms with Crippen LogP contribution in [0, 0.1) is 12.3 Å². The quantitative estimate of drug-likeness (QED) is 0.602. The fourth-order valence-electron chi connectivity index (χ4n) is 2.75. The highest BCUT2D eigenvalue weighted by atomic mass is 32.2. The lowest BCUT2D eigenvalue weighted by atomic mass is 10.2. The Kier molecular flexibility index (Phi) is 5.68. The molecule has 0 saturated heterocycles. The zero-order valence-corrected chi connectivity index (χ0v) is 17.0. The first kappa shape index (κ1) is 19.9. The summed E-state index contributed by atoms with van der Waals surface area (Å²) in [6, 6.07) is 11.6. The van der Waals surface area contributed by atoms with Crippen molar-refractivity contribution < 1.29 is 17.9 Å². The maximum Gasteiger partial charge on any atom is 0.280 e. The van der Waals surface area contributed by atoms with Gasteiger partial charge in [0.15, 0.2) is 14.6 Å². The summed E-state index contributed by atoms with van der Waals surface area (Å²) in [4.78, 5) is 17.3. The minimum atomic E-state index is -3.56. The van der Waals surface area contributed by atoms with Gasteiger partial charge in [0.05, 0.1) is 33.8 Å². The van der Waals surface area contributed by atoms with Gasteiger partial charge < -0.3 is 9.30 Å². The Morgan fingerprint density at radius 1 is 1.29 bits per heavy atom. The van der Waals surface area contributed by atoms with Crippen LogP contribution >= 0.6 is 11.3 Å². The molecule has 8 heteroatoms. The van der Waals surface area contributed by atoms with Crippen molar-refractivity contribution in [2.75, 3.05) is 12.9 Å². The lowest BCUT2D eigenvalue weighted by Gasteiger charge is -2.04. The number of benzene rings is 2. The van der Waals surface area contributed by atoms with Gasteiger partial charge in [-0.05, 0) is 37.3 Å². The average molecular weight is 415 g/mol. The molecular formula is C20H18N2O4S2. The van der Waals surface area contributed by atoms with Crippen LogP contribution in [-0.4, -0.2) is 31.8 Å². The molecule has 0 bridgehead atoms. The minimum absolute atomic E-state index is 0.0321. The second-order valence-electron chi connectivity index (χ2n) is 5.92. The lowest BCUT2D eigenvalue weighted by molar-refractivity contribution is 0.0994. The molecule has 144 valence electrons. The smallest absolute Gasteiger partial charge is 0.280 e. The summed E-state index contributed by atoms with van der Waals surface area (Å²) in [5.74, 6) is 2.64. The van der Waals surface area contributed by atoms with Crippen LogP contribution in [0.25, 0.3) is 10.2 Å². The summed E-state index contributed by atoms with van der Waals surface area (Å²) in [5.41, 5.74) is 0.860. The maximum absolute atomic E-state index is 12.8. The van der Waals surface area contributed by atoms with E-state index in [1.54, 1.807) is 16.7 Å². The molecule has 0 fully saturated rings. The average Bonchev–Trinajstić information content (AvgIpc) is 2.98. The fraction of sp³-hybridized carbons (Fsp3) is 0.200. The number of hydrogen-bond acceptors (Lipinski definition) is 5. The number of amides is 1. The van der Waals surface area contributed by atoms with Gasteiger partial charge in [0.2, 0.25) is 0 Å². The molecule has 0 atom stereocenters. The molecule has 28 heavy (non-hydrogen) atoms. The summed E-state index contributed by atoms with van der Waals surface area (Å²) in [6.45, 7) is 2.67. The Balaban J connectivity index is 2.18. The van der Waals surface area contributed by atoms with Crippen molar-refractivity contribution in [1.82, 2.24) is 4.57 Å². The normalized spacial score (nSPS) is 12.1. The van der Waals surface area contributed by atoms with E-state index in [0.29, 0.717) is 17.2 Å². The van der Waals surface area contributed by atoms with E-state index >= 15 is 0 Å². The minimum Gasteiger partial charge on any atom is -0.494 e. The molecule has 1 heterocycles. The SMILES string of the molecule is C#CCn1c(=NC(=O)c2ccccc2S(C)(=O)=O)sc2cc(OCC)ccc21. The summed E-state index contributed by atoms with van der Waals surface area (Å²) in [5, 5.41) is 0. The standard InChI is InChI=1S/C20H18N2O4S2/c1-4-12-22-16-11-10-14(26-5-2)13-17(16)27-20(22)21-19(23)15-8-6-7-9-18(15)28(3,24)25/h1,6-11,13H,5,12H2,2-3H3. The van der Waals surface area contributed by atoms with Crippen molar-refractivity contribution in [3.8, 4) is 18.1 Å². The van der Waals surface area contributed by atoms with Gasteiger partial charge in [0.1, 0.15) is 5.75 Å². The number of carbonyl (C=O) groups is 1. The molecule has 3 aromatic rings. The van der Waals surface area contributed by atoms with Gasteiger partial charge in [0, 0.05) is 6.26 Å². The number of thiazole rings is 1. The molecule has 0 aliphatic rings. The van der Waals surface area contributed by atoms with Crippen molar-refractivity contribution in [2.24, 2.45) is 4.99 Å². The Bertz CT molecular complexity index is 1260. The maximum atomic E-state index is 12.8. The van der Waals surface area contributed by atoms with Gasteiger partial charge >= 0.3 is 0 Å². The third-order valence-corrected chi connectivity index (χ3v) is 6.12. The molecule has 3 rings (SSSR count). The van der Waals surface area contributed by atoms with Crippen LogP contribution in [0.1, 0.15) is 17.3 Å². The zero-order chi connectivity index (χ0) is 20.3. The van der Waals surface area contributed by atoms with Crippen LogP contribution in [0.4, 0.5) is 0 Å². The molecule has 0 N–H and O–H groups in total. The fourth-order valence-corrected chi connectivity index (χ4v) is 4.69. The van der Waals surface area contributed by atoms with Crippen molar-refractivity contribution in [2.45, 2.75) is 18.4 Å². The molecule has 0 radical (unpaired) electrons. The zero-order valence-electron chi connectivity index (χ0n) is 15.4. The number of nitrogens with zero attached hydrogens (tertiary/aromatic N) is 2. The third kappa shape index (κ3) is 4.01. The van der Waals surface area contributed by atoms with E-state index in [9.17, 15) is 13.2 Å². The molecule has 1 aromatic heterocycles. The first-order valence-electron chi connectivity index (χ1n) is 8.43. The molecular weight excluding hydrogens is 396 g/mol. The molecule has 0 aliphatic carbocycles. The van der Waals surface area contributed by atoms with E-state index in [1.807, 2.05) is 25.1 Å². The third-order valence-electron chi connectivity index (χ3n) is 3.93.